The highest BCUT2D eigenvalue weighted by Gasteiger charge is 2.24. The standard InChI is InChI=1S/C30H36O10/c1-19(2)27(32)38-16-23(31)15-36-24-11-7-21(8-12-24)30(5,6)22-9-13-25(14-10-22)37-17-26(40-29(34)35)18-39-28(33)20(3)4/h7-14,23,26,31H,1,3,15-18H2,2,4-6H3,(H,34,35). The second-order valence-corrected chi connectivity index (χ2v) is 9.71. The second-order valence-electron chi connectivity index (χ2n) is 9.71. The molecule has 0 aromatic heterocycles. The van der Waals surface area contributed by atoms with Gasteiger partial charge in [0, 0.05) is 16.6 Å². The summed E-state index contributed by atoms with van der Waals surface area (Å²) in [4.78, 5) is 34.0. The normalized spacial score (nSPS) is 12.4. The van der Waals surface area contributed by atoms with Gasteiger partial charge < -0.3 is 33.9 Å². The van der Waals surface area contributed by atoms with Gasteiger partial charge in [-0.2, -0.15) is 0 Å². The minimum atomic E-state index is -1.51. The van der Waals surface area contributed by atoms with Crippen LogP contribution in [0.5, 0.6) is 11.5 Å². The van der Waals surface area contributed by atoms with Crippen LogP contribution in [0, 0.1) is 0 Å². The molecule has 0 aliphatic carbocycles. The summed E-state index contributed by atoms with van der Waals surface area (Å²) in [6, 6.07) is 14.8. The van der Waals surface area contributed by atoms with Gasteiger partial charge in [0.1, 0.15) is 44.0 Å². The van der Waals surface area contributed by atoms with Crippen LogP contribution in [-0.4, -0.2) is 66.9 Å². The van der Waals surface area contributed by atoms with Crippen LogP contribution >= 0.6 is 0 Å². The summed E-state index contributed by atoms with van der Waals surface area (Å²) >= 11 is 0. The Hall–Kier alpha value is -4.31. The number of ether oxygens (including phenoxy) is 5. The van der Waals surface area contributed by atoms with E-state index in [1.807, 2.05) is 24.3 Å². The fraction of sp³-hybridized carbons (Fsp3) is 0.367. The molecule has 0 spiro atoms. The van der Waals surface area contributed by atoms with Crippen LogP contribution in [0.4, 0.5) is 4.79 Å². The van der Waals surface area contributed by atoms with Crippen molar-refractivity contribution in [2.45, 2.75) is 45.3 Å². The molecule has 40 heavy (non-hydrogen) atoms. The third-order valence-electron chi connectivity index (χ3n) is 5.80. The molecule has 0 aliphatic rings. The molecule has 0 amide bonds. The van der Waals surface area contributed by atoms with E-state index in [2.05, 4.69) is 27.0 Å². The summed E-state index contributed by atoms with van der Waals surface area (Å²) in [6.45, 7) is 13.4. The van der Waals surface area contributed by atoms with Gasteiger partial charge in [0.05, 0.1) is 0 Å². The lowest BCUT2D eigenvalue weighted by Crippen LogP contribution is -2.30. The molecular weight excluding hydrogens is 520 g/mol. The molecule has 0 aliphatic heterocycles. The molecule has 216 valence electrons. The van der Waals surface area contributed by atoms with E-state index in [0.29, 0.717) is 11.5 Å². The van der Waals surface area contributed by atoms with Crippen molar-refractivity contribution in [1.29, 1.82) is 0 Å². The van der Waals surface area contributed by atoms with Crippen molar-refractivity contribution in [2.24, 2.45) is 0 Å². The molecule has 10 heteroatoms. The Bertz CT molecular complexity index is 1180. The predicted octanol–water partition coefficient (Wildman–Crippen LogP) is 4.43. The van der Waals surface area contributed by atoms with Crippen molar-refractivity contribution in [3.63, 3.8) is 0 Å². The molecule has 0 fully saturated rings. The van der Waals surface area contributed by atoms with Gasteiger partial charge in [0.15, 0.2) is 6.10 Å². The number of aliphatic hydroxyl groups is 1. The van der Waals surface area contributed by atoms with Gasteiger partial charge in [0.25, 0.3) is 0 Å². The number of hydrogen-bond acceptors (Lipinski definition) is 9. The molecule has 0 bridgehead atoms. The van der Waals surface area contributed by atoms with Crippen molar-refractivity contribution in [2.75, 3.05) is 26.4 Å². The van der Waals surface area contributed by atoms with Gasteiger partial charge in [0.2, 0.25) is 0 Å². The number of aliphatic hydroxyl groups excluding tert-OH is 1. The lowest BCUT2D eigenvalue weighted by molar-refractivity contribution is -0.143. The number of rotatable bonds is 15. The van der Waals surface area contributed by atoms with Gasteiger partial charge in [-0.3, -0.25) is 0 Å². The van der Waals surface area contributed by atoms with Crippen molar-refractivity contribution >= 4 is 18.1 Å². The van der Waals surface area contributed by atoms with Crippen LogP contribution in [0.25, 0.3) is 0 Å². The zero-order valence-electron chi connectivity index (χ0n) is 23.2. The van der Waals surface area contributed by atoms with Crippen molar-refractivity contribution in [3.05, 3.63) is 84.0 Å². The van der Waals surface area contributed by atoms with E-state index < -0.39 is 30.3 Å². The van der Waals surface area contributed by atoms with E-state index in [-0.39, 0.29) is 43.0 Å². The van der Waals surface area contributed by atoms with E-state index in [9.17, 15) is 19.5 Å². The second kappa shape index (κ2) is 14.7. The Labute approximate surface area is 233 Å². The molecule has 2 aromatic carbocycles. The number of carboxylic acid groups (broad SMARTS) is 1. The summed E-state index contributed by atoms with van der Waals surface area (Å²) in [7, 11) is 0. The van der Waals surface area contributed by atoms with Crippen molar-refractivity contribution in [1.82, 2.24) is 0 Å². The van der Waals surface area contributed by atoms with Gasteiger partial charge in [-0.1, -0.05) is 51.3 Å². The molecule has 0 heterocycles. The number of carbonyl (C=O) groups excluding carboxylic acids is 2. The van der Waals surface area contributed by atoms with E-state index in [1.165, 1.54) is 13.8 Å². The summed E-state index contributed by atoms with van der Waals surface area (Å²) in [5.74, 6) is -0.172. The van der Waals surface area contributed by atoms with E-state index in [1.54, 1.807) is 24.3 Å². The average Bonchev–Trinajstić information content (AvgIpc) is 2.91. The Morgan fingerprint density at radius 1 is 0.750 bits per heavy atom. The summed E-state index contributed by atoms with van der Waals surface area (Å²) < 4.78 is 25.9. The molecule has 2 atom stereocenters. The maximum atomic E-state index is 11.6. The Kier molecular flexibility index (Phi) is 11.8. The molecule has 10 nitrogen and oxygen atoms in total. The largest absolute Gasteiger partial charge is 0.506 e. The zero-order valence-corrected chi connectivity index (χ0v) is 23.2. The molecule has 0 radical (unpaired) electrons. The number of hydrogen-bond donors (Lipinski definition) is 2. The first-order valence-corrected chi connectivity index (χ1v) is 12.5. The summed E-state index contributed by atoms with van der Waals surface area (Å²) in [5, 5.41) is 18.9. The van der Waals surface area contributed by atoms with Crippen molar-refractivity contribution < 1.29 is 48.3 Å². The summed E-state index contributed by atoms with van der Waals surface area (Å²) in [5.41, 5.74) is 2.08. The smallest absolute Gasteiger partial charge is 0.491 e. The van der Waals surface area contributed by atoms with Gasteiger partial charge in [-0.05, 0) is 49.2 Å². The van der Waals surface area contributed by atoms with Crippen LogP contribution in [0.3, 0.4) is 0 Å². The minimum Gasteiger partial charge on any atom is -0.491 e. The lowest BCUT2D eigenvalue weighted by Gasteiger charge is -2.26. The Balaban J connectivity index is 1.94. The van der Waals surface area contributed by atoms with Crippen LogP contribution in [0.2, 0.25) is 0 Å². The van der Waals surface area contributed by atoms with Gasteiger partial charge >= 0.3 is 18.1 Å². The number of carbonyl (C=O) groups is 3. The third kappa shape index (κ3) is 10.1. The van der Waals surface area contributed by atoms with Crippen molar-refractivity contribution in [3.8, 4) is 11.5 Å². The first-order chi connectivity index (χ1) is 18.8. The zero-order chi connectivity index (χ0) is 29.9. The highest BCUT2D eigenvalue weighted by atomic mass is 16.7. The molecule has 2 unspecified atom stereocenters. The lowest BCUT2D eigenvalue weighted by atomic mass is 9.78. The molecule has 2 N–H and O–H groups in total. The fourth-order valence-corrected chi connectivity index (χ4v) is 3.38. The minimum absolute atomic E-state index is 0.0393. The number of benzene rings is 2. The highest BCUT2D eigenvalue weighted by Crippen LogP contribution is 2.33. The van der Waals surface area contributed by atoms with E-state index >= 15 is 0 Å². The molecule has 0 saturated heterocycles. The third-order valence-corrected chi connectivity index (χ3v) is 5.80. The topological polar surface area (TPSA) is 138 Å². The molecule has 0 saturated carbocycles. The van der Waals surface area contributed by atoms with Gasteiger partial charge in [-0.15, -0.1) is 0 Å². The van der Waals surface area contributed by atoms with E-state index in [4.69, 9.17) is 28.8 Å². The Morgan fingerprint density at radius 3 is 1.60 bits per heavy atom. The Morgan fingerprint density at radius 2 is 1.18 bits per heavy atom. The van der Waals surface area contributed by atoms with Crippen LogP contribution in [0.15, 0.2) is 72.8 Å². The van der Waals surface area contributed by atoms with Gasteiger partial charge in [-0.25, -0.2) is 14.4 Å². The quantitative estimate of drug-likeness (QED) is 0.184. The van der Waals surface area contributed by atoms with Crippen LogP contribution in [-0.2, 0) is 29.2 Å². The first kappa shape index (κ1) is 31.9. The SMILES string of the molecule is C=C(C)C(=O)OCC(O)COc1ccc(C(C)(C)c2ccc(OCC(COC(=O)C(=C)C)OC(=O)O)cc2)cc1. The van der Waals surface area contributed by atoms with Crippen LogP contribution < -0.4 is 9.47 Å². The highest BCUT2D eigenvalue weighted by molar-refractivity contribution is 5.87. The molecule has 2 rings (SSSR count). The fourth-order valence-electron chi connectivity index (χ4n) is 3.38. The molecular formula is C30H36O10. The summed E-state index contributed by atoms with van der Waals surface area (Å²) in [6.07, 6.45) is -3.49. The predicted molar refractivity (Wildman–Crippen MR) is 146 cm³/mol. The van der Waals surface area contributed by atoms with E-state index in [0.717, 1.165) is 11.1 Å². The number of esters is 2. The monoisotopic (exact) mass is 556 g/mol. The first-order valence-electron chi connectivity index (χ1n) is 12.5. The molecule has 2 aromatic rings. The van der Waals surface area contributed by atoms with Crippen LogP contribution in [0.1, 0.15) is 38.8 Å². The maximum Gasteiger partial charge on any atom is 0.506 e. The maximum absolute atomic E-state index is 11.6. The average molecular weight is 557 g/mol.